The number of anilines is 1. The van der Waals surface area contributed by atoms with Crippen molar-refractivity contribution in [3.63, 3.8) is 0 Å². The zero-order valence-electron chi connectivity index (χ0n) is 13.5. The monoisotopic (exact) mass is 343 g/mol. The number of carboxylic acids is 1. The van der Waals surface area contributed by atoms with Gasteiger partial charge in [0.25, 0.3) is 0 Å². The minimum atomic E-state index is -1.27. The first-order valence-corrected chi connectivity index (χ1v) is 8.66. The van der Waals surface area contributed by atoms with Crippen molar-refractivity contribution >= 4 is 22.6 Å². The molecule has 0 amide bonds. The van der Waals surface area contributed by atoms with Gasteiger partial charge in [0.05, 0.1) is 11.2 Å². The number of nitrogens with one attached hydrogen (secondary N) is 1. The van der Waals surface area contributed by atoms with Crippen LogP contribution in [0.1, 0.15) is 35.7 Å². The topological polar surface area (TPSA) is 74.6 Å². The van der Waals surface area contributed by atoms with Crippen molar-refractivity contribution in [2.24, 2.45) is 0 Å². The summed E-state index contributed by atoms with van der Waals surface area (Å²) in [6.07, 6.45) is 4.32. The summed E-state index contributed by atoms with van der Waals surface area (Å²) in [6.45, 7) is 1.54. The number of rotatable bonds is 3. The standard InChI is InChI=1S/C18H18FN3O3/c19-12-5-10-14(7-15(12)21-4-3-20-13-6-16(13)21)22(9-1-2-9)8-11(17(10)23)18(24)25/h5,7-9,13,16,20H,1-4,6H2,(H,24,25). The van der Waals surface area contributed by atoms with Crippen LogP contribution in [0, 0.1) is 5.82 Å². The van der Waals surface area contributed by atoms with E-state index in [9.17, 15) is 19.1 Å². The lowest BCUT2D eigenvalue weighted by atomic mass is 10.1. The number of piperazine rings is 1. The average Bonchev–Trinajstić information content (AvgIpc) is 3.47. The second-order valence-electron chi connectivity index (χ2n) is 7.19. The molecule has 2 unspecified atom stereocenters. The molecule has 2 N–H and O–H groups in total. The minimum Gasteiger partial charge on any atom is -0.477 e. The number of nitrogens with zero attached hydrogens (tertiary/aromatic N) is 2. The van der Waals surface area contributed by atoms with Crippen LogP contribution >= 0.6 is 0 Å². The second kappa shape index (κ2) is 5.05. The molecular weight excluding hydrogens is 325 g/mol. The van der Waals surface area contributed by atoms with E-state index in [4.69, 9.17) is 0 Å². The third-order valence-corrected chi connectivity index (χ3v) is 5.50. The van der Waals surface area contributed by atoms with E-state index in [0.717, 1.165) is 32.4 Å². The van der Waals surface area contributed by atoms with Crippen LogP contribution in [-0.4, -0.2) is 40.8 Å². The number of pyridine rings is 1. The normalized spacial score (nSPS) is 25.1. The van der Waals surface area contributed by atoms with Crippen LogP contribution < -0.4 is 15.6 Å². The number of fused-ring (bicyclic) bond motifs is 2. The number of aromatic carboxylic acids is 1. The van der Waals surface area contributed by atoms with Crippen LogP contribution in [0.2, 0.25) is 0 Å². The Labute approximate surface area is 142 Å². The van der Waals surface area contributed by atoms with Gasteiger partial charge >= 0.3 is 5.97 Å². The van der Waals surface area contributed by atoms with Crippen LogP contribution in [0.15, 0.2) is 23.1 Å². The van der Waals surface area contributed by atoms with E-state index in [1.54, 1.807) is 6.07 Å². The summed E-state index contributed by atoms with van der Waals surface area (Å²) >= 11 is 0. The second-order valence-corrected chi connectivity index (χ2v) is 7.19. The molecule has 3 aliphatic rings. The van der Waals surface area contributed by atoms with Gasteiger partial charge < -0.3 is 19.9 Å². The molecule has 0 spiro atoms. The Balaban J connectivity index is 1.73. The van der Waals surface area contributed by atoms with Crippen molar-refractivity contribution in [1.82, 2.24) is 9.88 Å². The van der Waals surface area contributed by atoms with Gasteiger partial charge in [0, 0.05) is 42.8 Å². The molecule has 6 nitrogen and oxygen atoms in total. The van der Waals surface area contributed by atoms with E-state index >= 15 is 0 Å². The maximum atomic E-state index is 14.8. The largest absolute Gasteiger partial charge is 0.477 e. The van der Waals surface area contributed by atoms with Crippen molar-refractivity contribution in [2.45, 2.75) is 37.4 Å². The van der Waals surface area contributed by atoms with Crippen LogP contribution in [-0.2, 0) is 0 Å². The summed E-state index contributed by atoms with van der Waals surface area (Å²) in [4.78, 5) is 26.0. The molecule has 0 bridgehead atoms. The lowest BCUT2D eigenvalue weighted by Crippen LogP contribution is -2.44. The molecule has 130 valence electrons. The van der Waals surface area contributed by atoms with Gasteiger partial charge in [-0.1, -0.05) is 0 Å². The van der Waals surface area contributed by atoms with Gasteiger partial charge in [0.2, 0.25) is 5.43 Å². The minimum absolute atomic E-state index is 0.149. The third-order valence-electron chi connectivity index (χ3n) is 5.50. The molecule has 0 radical (unpaired) electrons. The predicted octanol–water partition coefficient (Wildman–Crippen LogP) is 1.72. The first-order chi connectivity index (χ1) is 12.0. The summed E-state index contributed by atoms with van der Waals surface area (Å²) in [7, 11) is 0. The highest BCUT2D eigenvalue weighted by atomic mass is 19.1. The lowest BCUT2D eigenvalue weighted by molar-refractivity contribution is 0.0695. The number of hydrogen-bond acceptors (Lipinski definition) is 4. The number of carboxylic acid groups (broad SMARTS) is 1. The number of carbonyl (C=O) groups is 1. The van der Waals surface area contributed by atoms with Crippen molar-refractivity contribution in [2.75, 3.05) is 18.0 Å². The van der Waals surface area contributed by atoms with Gasteiger partial charge in [-0.25, -0.2) is 9.18 Å². The molecule has 1 aromatic heterocycles. The first kappa shape index (κ1) is 14.9. The Kier molecular flexibility index (Phi) is 3.01. The molecule has 7 heteroatoms. The average molecular weight is 343 g/mol. The first-order valence-electron chi connectivity index (χ1n) is 8.66. The van der Waals surface area contributed by atoms with Crippen molar-refractivity contribution in [3.05, 3.63) is 39.9 Å². The Bertz CT molecular complexity index is 966. The van der Waals surface area contributed by atoms with E-state index in [2.05, 4.69) is 10.2 Å². The number of halogens is 1. The van der Waals surface area contributed by atoms with Crippen molar-refractivity contribution < 1.29 is 14.3 Å². The highest BCUT2D eigenvalue weighted by Gasteiger charge is 2.45. The Morgan fingerprint density at radius 3 is 2.84 bits per heavy atom. The molecule has 3 fully saturated rings. The molecule has 5 rings (SSSR count). The fourth-order valence-electron chi connectivity index (χ4n) is 3.97. The van der Waals surface area contributed by atoms with E-state index < -0.39 is 17.2 Å². The SMILES string of the molecule is O=C(O)c1cn(C2CC2)c2cc(N3CCNC4CC43)c(F)cc2c1=O. The molecule has 1 aromatic carbocycles. The Morgan fingerprint density at radius 1 is 1.32 bits per heavy atom. The molecule has 25 heavy (non-hydrogen) atoms. The molecule has 1 aliphatic heterocycles. The lowest BCUT2D eigenvalue weighted by Gasteiger charge is -2.30. The summed E-state index contributed by atoms with van der Waals surface area (Å²) in [5, 5.41) is 12.8. The molecule has 2 atom stereocenters. The van der Waals surface area contributed by atoms with Gasteiger partial charge in [-0.2, -0.15) is 0 Å². The summed E-state index contributed by atoms with van der Waals surface area (Å²) in [6, 6.07) is 3.87. The number of aromatic nitrogens is 1. The Morgan fingerprint density at radius 2 is 2.12 bits per heavy atom. The van der Waals surface area contributed by atoms with Crippen LogP contribution in [0.4, 0.5) is 10.1 Å². The molecule has 2 saturated carbocycles. The van der Waals surface area contributed by atoms with Crippen LogP contribution in [0.3, 0.4) is 0 Å². The van der Waals surface area contributed by atoms with Crippen molar-refractivity contribution in [1.29, 1.82) is 0 Å². The maximum Gasteiger partial charge on any atom is 0.341 e. The van der Waals surface area contributed by atoms with Crippen molar-refractivity contribution in [3.8, 4) is 0 Å². The molecule has 2 aliphatic carbocycles. The molecule has 1 saturated heterocycles. The molecular formula is C18H18FN3O3. The van der Waals surface area contributed by atoms with Gasteiger partial charge in [-0.05, 0) is 31.4 Å². The Hall–Kier alpha value is -2.41. The van der Waals surface area contributed by atoms with E-state index in [1.165, 1.54) is 12.3 Å². The van der Waals surface area contributed by atoms with E-state index in [0.29, 0.717) is 23.3 Å². The van der Waals surface area contributed by atoms with Crippen LogP contribution in [0.25, 0.3) is 10.9 Å². The van der Waals surface area contributed by atoms with Gasteiger partial charge in [-0.15, -0.1) is 0 Å². The highest BCUT2D eigenvalue weighted by Crippen LogP contribution is 2.40. The third kappa shape index (κ3) is 2.26. The van der Waals surface area contributed by atoms with Gasteiger partial charge in [0.1, 0.15) is 11.4 Å². The summed E-state index contributed by atoms with van der Waals surface area (Å²) in [5.41, 5.74) is 0.230. The zero-order chi connectivity index (χ0) is 17.3. The fraction of sp³-hybridized carbons (Fsp3) is 0.444. The zero-order valence-corrected chi connectivity index (χ0v) is 13.5. The van der Waals surface area contributed by atoms with Gasteiger partial charge in [-0.3, -0.25) is 4.79 Å². The summed E-state index contributed by atoms with van der Waals surface area (Å²) in [5.74, 6) is -1.73. The van der Waals surface area contributed by atoms with E-state index in [1.807, 2.05) is 4.57 Å². The smallest absolute Gasteiger partial charge is 0.341 e. The van der Waals surface area contributed by atoms with Gasteiger partial charge in [0.15, 0.2) is 0 Å². The van der Waals surface area contributed by atoms with Crippen LogP contribution in [0.5, 0.6) is 0 Å². The maximum absolute atomic E-state index is 14.8. The number of benzene rings is 1. The fourth-order valence-corrected chi connectivity index (χ4v) is 3.97. The quantitative estimate of drug-likeness (QED) is 0.888. The predicted molar refractivity (Wildman–Crippen MR) is 90.9 cm³/mol. The molecule has 2 aromatic rings. The summed E-state index contributed by atoms with van der Waals surface area (Å²) < 4.78 is 16.6. The highest BCUT2D eigenvalue weighted by molar-refractivity contribution is 5.93. The molecule has 2 heterocycles. The van der Waals surface area contributed by atoms with E-state index in [-0.39, 0.29) is 17.0 Å². The number of hydrogen-bond donors (Lipinski definition) is 2.